The molecule has 20 heavy (non-hydrogen) atoms. The van der Waals surface area contributed by atoms with Crippen LogP contribution in [0.4, 0.5) is 0 Å². The Labute approximate surface area is 119 Å². The minimum absolute atomic E-state index is 0.107. The normalized spacial score (nSPS) is 11.4. The number of carboxylic acids is 1. The van der Waals surface area contributed by atoms with Crippen molar-refractivity contribution in [3.8, 4) is 0 Å². The number of carbonyl (C=O) groups is 2. The summed E-state index contributed by atoms with van der Waals surface area (Å²) < 4.78 is 5.46. The van der Waals surface area contributed by atoms with Crippen molar-refractivity contribution >= 4 is 11.9 Å². The number of hydrogen-bond donors (Lipinski definition) is 2. The van der Waals surface area contributed by atoms with Crippen molar-refractivity contribution in [2.24, 2.45) is 5.41 Å². The molecule has 1 aromatic heterocycles. The van der Waals surface area contributed by atoms with Crippen LogP contribution < -0.4 is 5.32 Å². The highest BCUT2D eigenvalue weighted by Crippen LogP contribution is 2.26. The first-order valence-electron chi connectivity index (χ1n) is 7.01. The van der Waals surface area contributed by atoms with E-state index in [-0.39, 0.29) is 18.2 Å². The van der Waals surface area contributed by atoms with E-state index in [1.807, 2.05) is 33.8 Å². The zero-order valence-corrected chi connectivity index (χ0v) is 12.6. The molecule has 0 radical (unpaired) electrons. The lowest BCUT2D eigenvalue weighted by Crippen LogP contribution is -2.42. The first-order chi connectivity index (χ1) is 9.40. The zero-order valence-electron chi connectivity index (χ0n) is 12.6. The van der Waals surface area contributed by atoms with E-state index in [1.165, 1.54) is 0 Å². The summed E-state index contributed by atoms with van der Waals surface area (Å²) in [7, 11) is 0. The first-order valence-corrected chi connectivity index (χ1v) is 7.01. The summed E-state index contributed by atoms with van der Waals surface area (Å²) in [5.74, 6) is -0.209. The number of rotatable bonds is 7. The quantitative estimate of drug-likeness (QED) is 0.805. The van der Waals surface area contributed by atoms with Crippen LogP contribution in [0.1, 0.15) is 55.5 Å². The van der Waals surface area contributed by atoms with Gasteiger partial charge in [-0.2, -0.15) is 0 Å². The lowest BCUT2D eigenvalue weighted by molar-refractivity contribution is -0.149. The van der Waals surface area contributed by atoms with Crippen molar-refractivity contribution in [2.45, 2.75) is 47.0 Å². The van der Waals surface area contributed by atoms with Gasteiger partial charge in [0.15, 0.2) is 5.76 Å². The van der Waals surface area contributed by atoms with E-state index in [9.17, 15) is 14.7 Å². The van der Waals surface area contributed by atoms with Crippen LogP contribution in [0, 0.1) is 12.3 Å². The Morgan fingerprint density at radius 1 is 1.30 bits per heavy atom. The number of carboxylic acid groups (broad SMARTS) is 1. The highest BCUT2D eigenvalue weighted by Gasteiger charge is 2.35. The van der Waals surface area contributed by atoms with Crippen LogP contribution in [0.5, 0.6) is 0 Å². The Kier molecular flexibility index (Phi) is 5.36. The number of nitrogens with one attached hydrogen (secondary N) is 1. The summed E-state index contributed by atoms with van der Waals surface area (Å²) in [5.41, 5.74) is -0.141. The van der Waals surface area contributed by atoms with Crippen LogP contribution in [0.2, 0.25) is 0 Å². The Morgan fingerprint density at radius 3 is 2.30 bits per heavy atom. The van der Waals surface area contributed by atoms with E-state index < -0.39 is 11.4 Å². The highest BCUT2D eigenvalue weighted by molar-refractivity contribution is 5.93. The molecular formula is C15H23NO4. The minimum Gasteiger partial charge on any atom is -0.481 e. The molecule has 112 valence electrons. The smallest absolute Gasteiger partial charge is 0.311 e. The molecule has 1 aromatic rings. The topological polar surface area (TPSA) is 79.5 Å². The molecule has 5 nitrogen and oxygen atoms in total. The third kappa shape index (κ3) is 3.21. The molecule has 1 heterocycles. The van der Waals surface area contributed by atoms with Gasteiger partial charge in [-0.1, -0.05) is 20.8 Å². The predicted octanol–water partition coefficient (Wildman–Crippen LogP) is 2.77. The predicted molar refractivity (Wildman–Crippen MR) is 75.8 cm³/mol. The average molecular weight is 281 g/mol. The molecule has 0 aliphatic heterocycles. The maximum atomic E-state index is 12.1. The number of hydrogen-bond acceptors (Lipinski definition) is 3. The van der Waals surface area contributed by atoms with E-state index in [2.05, 4.69) is 5.32 Å². The van der Waals surface area contributed by atoms with Crippen LogP contribution in [-0.4, -0.2) is 23.5 Å². The molecule has 5 heteroatoms. The molecule has 0 aliphatic rings. The standard InChI is InChI=1S/C15H23NO4/c1-5-11-8-10(4)12(20-11)13(17)16-9-15(6-2,7-3)14(18)19/h8H,5-7,9H2,1-4H3,(H,16,17)(H,18,19). The summed E-state index contributed by atoms with van der Waals surface area (Å²) in [4.78, 5) is 23.5. The van der Waals surface area contributed by atoms with Gasteiger partial charge in [-0.05, 0) is 25.8 Å². The maximum absolute atomic E-state index is 12.1. The summed E-state index contributed by atoms with van der Waals surface area (Å²) in [6, 6.07) is 1.83. The molecule has 1 amide bonds. The van der Waals surface area contributed by atoms with Gasteiger partial charge in [0.1, 0.15) is 5.76 Å². The second kappa shape index (κ2) is 6.59. The third-order valence-electron chi connectivity index (χ3n) is 3.92. The summed E-state index contributed by atoms with van der Waals surface area (Å²) in [6.07, 6.45) is 1.66. The Morgan fingerprint density at radius 2 is 1.90 bits per heavy atom. The SMILES string of the molecule is CCc1cc(C)c(C(=O)NCC(CC)(CC)C(=O)O)o1. The molecular weight excluding hydrogens is 258 g/mol. The van der Waals surface area contributed by atoms with Crippen LogP contribution in [-0.2, 0) is 11.2 Å². The van der Waals surface area contributed by atoms with Gasteiger partial charge in [0.05, 0.1) is 5.41 Å². The number of amides is 1. The number of carbonyl (C=O) groups excluding carboxylic acids is 1. The Hall–Kier alpha value is -1.78. The lowest BCUT2D eigenvalue weighted by atomic mass is 9.82. The zero-order chi connectivity index (χ0) is 15.3. The molecule has 0 bridgehead atoms. The second-order valence-corrected chi connectivity index (χ2v) is 5.05. The molecule has 0 unspecified atom stereocenters. The van der Waals surface area contributed by atoms with Gasteiger partial charge in [0, 0.05) is 18.5 Å². The molecule has 0 spiro atoms. The largest absolute Gasteiger partial charge is 0.481 e. The van der Waals surface area contributed by atoms with E-state index >= 15 is 0 Å². The molecule has 2 N–H and O–H groups in total. The fourth-order valence-electron chi connectivity index (χ4n) is 2.16. The van der Waals surface area contributed by atoms with Crippen LogP contribution >= 0.6 is 0 Å². The van der Waals surface area contributed by atoms with Crippen molar-refractivity contribution < 1.29 is 19.1 Å². The van der Waals surface area contributed by atoms with Gasteiger partial charge < -0.3 is 14.8 Å². The van der Waals surface area contributed by atoms with Crippen molar-refractivity contribution in [3.05, 3.63) is 23.2 Å². The molecule has 0 saturated heterocycles. The fourth-order valence-corrected chi connectivity index (χ4v) is 2.16. The van der Waals surface area contributed by atoms with Gasteiger partial charge in [0.25, 0.3) is 5.91 Å². The average Bonchev–Trinajstić information content (AvgIpc) is 2.81. The molecule has 0 fully saturated rings. The Bertz CT molecular complexity index is 486. The van der Waals surface area contributed by atoms with Gasteiger partial charge in [-0.15, -0.1) is 0 Å². The number of furan rings is 1. The summed E-state index contributed by atoms with van der Waals surface area (Å²) >= 11 is 0. The van der Waals surface area contributed by atoms with Gasteiger partial charge in [0.2, 0.25) is 0 Å². The van der Waals surface area contributed by atoms with E-state index in [4.69, 9.17) is 4.42 Å². The third-order valence-corrected chi connectivity index (χ3v) is 3.92. The van der Waals surface area contributed by atoms with Crippen LogP contribution in [0.15, 0.2) is 10.5 Å². The maximum Gasteiger partial charge on any atom is 0.311 e. The van der Waals surface area contributed by atoms with E-state index in [0.717, 1.165) is 17.7 Å². The first kappa shape index (κ1) is 16.3. The molecule has 0 saturated carbocycles. The minimum atomic E-state index is -0.913. The van der Waals surface area contributed by atoms with Crippen molar-refractivity contribution in [1.29, 1.82) is 0 Å². The van der Waals surface area contributed by atoms with Crippen LogP contribution in [0.25, 0.3) is 0 Å². The molecule has 0 atom stereocenters. The fraction of sp³-hybridized carbons (Fsp3) is 0.600. The molecule has 0 aliphatic carbocycles. The van der Waals surface area contributed by atoms with Crippen molar-refractivity contribution in [1.82, 2.24) is 5.32 Å². The number of aliphatic carboxylic acids is 1. The highest BCUT2D eigenvalue weighted by atomic mass is 16.4. The summed E-state index contributed by atoms with van der Waals surface area (Å²) in [6.45, 7) is 7.50. The van der Waals surface area contributed by atoms with Crippen molar-refractivity contribution in [3.63, 3.8) is 0 Å². The monoisotopic (exact) mass is 281 g/mol. The van der Waals surface area contributed by atoms with Crippen LogP contribution in [0.3, 0.4) is 0 Å². The van der Waals surface area contributed by atoms with Gasteiger partial charge >= 0.3 is 5.97 Å². The van der Waals surface area contributed by atoms with E-state index in [1.54, 1.807) is 0 Å². The van der Waals surface area contributed by atoms with Crippen molar-refractivity contribution in [2.75, 3.05) is 6.54 Å². The van der Waals surface area contributed by atoms with Gasteiger partial charge in [-0.3, -0.25) is 9.59 Å². The van der Waals surface area contributed by atoms with Gasteiger partial charge in [-0.25, -0.2) is 0 Å². The number of aryl methyl sites for hydroxylation is 2. The molecule has 1 rings (SSSR count). The lowest BCUT2D eigenvalue weighted by Gasteiger charge is -2.26. The summed E-state index contributed by atoms with van der Waals surface area (Å²) in [5, 5.41) is 12.0. The Balaban J connectivity index is 2.80. The van der Waals surface area contributed by atoms with E-state index in [0.29, 0.717) is 12.8 Å². The second-order valence-electron chi connectivity index (χ2n) is 5.05. The molecule has 0 aromatic carbocycles.